The average Bonchev–Trinajstić information content (AvgIpc) is 2.56. The molecule has 0 atom stereocenters. The second-order valence-electron chi connectivity index (χ2n) is 4.95. The van der Waals surface area contributed by atoms with Gasteiger partial charge in [0.05, 0.1) is 17.1 Å². The molecule has 0 fully saturated rings. The number of nitrogens with zero attached hydrogens (tertiary/aromatic N) is 2. The number of benzene rings is 1. The van der Waals surface area contributed by atoms with E-state index in [1.54, 1.807) is 0 Å². The van der Waals surface area contributed by atoms with Crippen LogP contribution in [-0.2, 0) is 4.74 Å². The fourth-order valence-electron chi connectivity index (χ4n) is 2.01. The standard InChI is InChI=1S/C16H24N2O5/c1-4-10-22-15-12-13(7-8-14(15)18(20)21)16(19)23-11-9-17(5-2)6-3/h7-8,12H,4-6,9-11H2,1-3H3. The molecule has 0 aliphatic carbocycles. The van der Waals surface area contributed by atoms with Gasteiger partial charge in [0.1, 0.15) is 6.61 Å². The van der Waals surface area contributed by atoms with Crippen molar-refractivity contribution in [2.45, 2.75) is 27.2 Å². The van der Waals surface area contributed by atoms with Crippen molar-refractivity contribution >= 4 is 11.7 Å². The Bertz CT molecular complexity index is 529. The van der Waals surface area contributed by atoms with Gasteiger partial charge in [0, 0.05) is 18.7 Å². The highest BCUT2D eigenvalue weighted by atomic mass is 16.6. The molecule has 0 unspecified atom stereocenters. The van der Waals surface area contributed by atoms with Crippen molar-refractivity contribution in [3.05, 3.63) is 33.9 Å². The Morgan fingerprint density at radius 1 is 1.22 bits per heavy atom. The predicted molar refractivity (Wildman–Crippen MR) is 87.0 cm³/mol. The first kappa shape index (κ1) is 18.9. The van der Waals surface area contributed by atoms with Gasteiger partial charge in [-0.05, 0) is 25.6 Å². The van der Waals surface area contributed by atoms with Gasteiger partial charge in [0.25, 0.3) is 0 Å². The Balaban J connectivity index is 2.74. The molecule has 1 rings (SSSR count). The van der Waals surface area contributed by atoms with Crippen molar-refractivity contribution < 1.29 is 19.2 Å². The van der Waals surface area contributed by atoms with E-state index in [9.17, 15) is 14.9 Å². The molecule has 0 heterocycles. The SMILES string of the molecule is CCCOc1cc(C(=O)OCCN(CC)CC)ccc1[N+](=O)[O-]. The summed E-state index contributed by atoms with van der Waals surface area (Å²) < 4.78 is 10.6. The lowest BCUT2D eigenvalue weighted by Gasteiger charge is -2.17. The highest BCUT2D eigenvalue weighted by Crippen LogP contribution is 2.28. The van der Waals surface area contributed by atoms with Gasteiger partial charge in [-0.25, -0.2) is 4.79 Å². The minimum Gasteiger partial charge on any atom is -0.487 e. The molecule has 0 N–H and O–H groups in total. The fourth-order valence-corrected chi connectivity index (χ4v) is 2.01. The molecule has 23 heavy (non-hydrogen) atoms. The van der Waals surface area contributed by atoms with Crippen LogP contribution in [0, 0.1) is 10.1 Å². The third kappa shape index (κ3) is 5.86. The Hall–Kier alpha value is -2.15. The molecule has 1 aromatic carbocycles. The first-order valence-electron chi connectivity index (χ1n) is 7.84. The Kier molecular flexibility index (Phi) is 8.04. The Morgan fingerprint density at radius 3 is 2.48 bits per heavy atom. The number of carbonyl (C=O) groups is 1. The van der Waals surface area contributed by atoms with Crippen LogP contribution in [0.3, 0.4) is 0 Å². The zero-order valence-corrected chi connectivity index (χ0v) is 13.9. The van der Waals surface area contributed by atoms with Crippen molar-refractivity contribution in [3.8, 4) is 5.75 Å². The highest BCUT2D eigenvalue weighted by Gasteiger charge is 2.18. The van der Waals surface area contributed by atoms with Crippen molar-refractivity contribution in [1.29, 1.82) is 0 Å². The maximum Gasteiger partial charge on any atom is 0.338 e. The van der Waals surface area contributed by atoms with E-state index in [-0.39, 0.29) is 23.6 Å². The monoisotopic (exact) mass is 324 g/mol. The van der Waals surface area contributed by atoms with Crippen LogP contribution < -0.4 is 4.74 Å². The van der Waals surface area contributed by atoms with Crippen LogP contribution in [-0.4, -0.2) is 48.6 Å². The summed E-state index contributed by atoms with van der Waals surface area (Å²) in [6.07, 6.45) is 0.718. The maximum atomic E-state index is 12.0. The fraction of sp³-hybridized carbons (Fsp3) is 0.562. The lowest BCUT2D eigenvalue weighted by atomic mass is 10.2. The first-order chi connectivity index (χ1) is 11.0. The van der Waals surface area contributed by atoms with E-state index in [1.165, 1.54) is 18.2 Å². The number of carbonyl (C=O) groups excluding carboxylic acids is 1. The van der Waals surface area contributed by atoms with Gasteiger partial charge in [-0.1, -0.05) is 20.8 Å². The van der Waals surface area contributed by atoms with Crippen molar-refractivity contribution in [3.63, 3.8) is 0 Å². The number of hydrogen-bond acceptors (Lipinski definition) is 6. The first-order valence-corrected chi connectivity index (χ1v) is 7.84. The molecule has 0 bridgehead atoms. The summed E-state index contributed by atoms with van der Waals surface area (Å²) in [5.74, 6) is -0.413. The molecular formula is C16H24N2O5. The molecule has 0 amide bonds. The van der Waals surface area contributed by atoms with Crippen molar-refractivity contribution in [2.24, 2.45) is 0 Å². The van der Waals surface area contributed by atoms with Gasteiger partial charge < -0.3 is 14.4 Å². The maximum absolute atomic E-state index is 12.0. The second-order valence-corrected chi connectivity index (χ2v) is 4.95. The third-order valence-electron chi connectivity index (χ3n) is 3.39. The smallest absolute Gasteiger partial charge is 0.338 e. The van der Waals surface area contributed by atoms with Crippen LogP contribution in [0.5, 0.6) is 5.75 Å². The third-order valence-corrected chi connectivity index (χ3v) is 3.39. The molecule has 0 aliphatic heterocycles. The molecule has 0 saturated heterocycles. The molecule has 0 radical (unpaired) electrons. The summed E-state index contributed by atoms with van der Waals surface area (Å²) in [6.45, 7) is 9.05. The molecule has 0 aromatic heterocycles. The summed E-state index contributed by atoms with van der Waals surface area (Å²) in [4.78, 5) is 24.6. The van der Waals surface area contributed by atoms with Crippen LogP contribution in [0.2, 0.25) is 0 Å². The summed E-state index contributed by atoms with van der Waals surface area (Å²) in [7, 11) is 0. The molecule has 128 valence electrons. The van der Waals surface area contributed by atoms with E-state index in [0.717, 1.165) is 19.5 Å². The Morgan fingerprint density at radius 2 is 1.91 bits per heavy atom. The lowest BCUT2D eigenvalue weighted by Crippen LogP contribution is -2.27. The minimum atomic E-state index is -0.527. The average molecular weight is 324 g/mol. The number of nitro benzene ring substituents is 1. The van der Waals surface area contributed by atoms with Crippen LogP contribution in [0.15, 0.2) is 18.2 Å². The number of rotatable bonds is 10. The van der Waals surface area contributed by atoms with E-state index in [0.29, 0.717) is 13.2 Å². The zero-order valence-electron chi connectivity index (χ0n) is 13.9. The predicted octanol–water partition coefficient (Wildman–Crippen LogP) is 2.88. The van der Waals surface area contributed by atoms with E-state index in [1.807, 2.05) is 20.8 Å². The summed E-state index contributed by atoms with van der Waals surface area (Å²) in [5, 5.41) is 11.0. The molecule has 0 saturated carbocycles. The molecular weight excluding hydrogens is 300 g/mol. The minimum absolute atomic E-state index is 0.0926. The summed E-state index contributed by atoms with van der Waals surface area (Å²) in [6, 6.07) is 4.02. The van der Waals surface area contributed by atoms with Gasteiger partial charge in [-0.15, -0.1) is 0 Å². The van der Waals surface area contributed by atoms with E-state index >= 15 is 0 Å². The second kappa shape index (κ2) is 9.78. The normalized spacial score (nSPS) is 10.6. The van der Waals surface area contributed by atoms with Crippen LogP contribution >= 0.6 is 0 Å². The largest absolute Gasteiger partial charge is 0.487 e. The van der Waals surface area contributed by atoms with Gasteiger partial charge in [0.15, 0.2) is 5.75 Å². The molecule has 1 aromatic rings. The van der Waals surface area contributed by atoms with Crippen LogP contribution in [0.4, 0.5) is 5.69 Å². The van der Waals surface area contributed by atoms with Crippen molar-refractivity contribution in [2.75, 3.05) is 32.8 Å². The highest BCUT2D eigenvalue weighted by molar-refractivity contribution is 5.90. The number of esters is 1. The van der Waals surface area contributed by atoms with Crippen LogP contribution in [0.1, 0.15) is 37.6 Å². The topological polar surface area (TPSA) is 81.9 Å². The zero-order chi connectivity index (χ0) is 17.2. The number of hydrogen-bond donors (Lipinski definition) is 0. The molecule has 0 spiro atoms. The van der Waals surface area contributed by atoms with Gasteiger partial charge in [-0.3, -0.25) is 10.1 Å². The van der Waals surface area contributed by atoms with Gasteiger partial charge >= 0.3 is 11.7 Å². The Labute approximate surface area is 136 Å². The quantitative estimate of drug-likeness (QED) is 0.374. The molecule has 7 heteroatoms. The summed E-state index contributed by atoms with van der Waals surface area (Å²) in [5.41, 5.74) is 0.0967. The lowest BCUT2D eigenvalue weighted by molar-refractivity contribution is -0.385. The van der Waals surface area contributed by atoms with Crippen molar-refractivity contribution in [1.82, 2.24) is 4.90 Å². The summed E-state index contributed by atoms with van der Waals surface area (Å²) >= 11 is 0. The van der Waals surface area contributed by atoms with Gasteiger partial charge in [-0.2, -0.15) is 0 Å². The van der Waals surface area contributed by atoms with Gasteiger partial charge in [0.2, 0.25) is 0 Å². The van der Waals surface area contributed by atoms with E-state index in [2.05, 4.69) is 4.90 Å². The number of nitro groups is 1. The number of likely N-dealkylation sites (N-methyl/N-ethyl adjacent to an activating group) is 1. The molecule has 7 nitrogen and oxygen atoms in total. The van der Waals surface area contributed by atoms with E-state index < -0.39 is 10.9 Å². The number of ether oxygens (including phenoxy) is 2. The van der Waals surface area contributed by atoms with Crippen LogP contribution in [0.25, 0.3) is 0 Å². The molecule has 0 aliphatic rings. The van der Waals surface area contributed by atoms with E-state index in [4.69, 9.17) is 9.47 Å².